The van der Waals surface area contributed by atoms with Gasteiger partial charge in [-0.2, -0.15) is 0 Å². The molecule has 0 radical (unpaired) electrons. The summed E-state index contributed by atoms with van der Waals surface area (Å²) in [6.07, 6.45) is 1.98. The zero-order chi connectivity index (χ0) is 15.0. The molecule has 2 unspecified atom stereocenters. The maximum absolute atomic E-state index is 11.7. The van der Waals surface area contributed by atoms with Gasteiger partial charge >= 0.3 is 6.03 Å². The Morgan fingerprint density at radius 1 is 1.25 bits per heavy atom. The fourth-order valence-electron chi connectivity index (χ4n) is 1.93. The number of hydrogen-bond donors (Lipinski definition) is 3. The van der Waals surface area contributed by atoms with Crippen molar-refractivity contribution in [3.05, 3.63) is 35.4 Å². The molecule has 2 atom stereocenters. The minimum atomic E-state index is -0.339. The summed E-state index contributed by atoms with van der Waals surface area (Å²) in [5.41, 5.74) is 2.38. The maximum Gasteiger partial charge on any atom is 0.315 e. The summed E-state index contributed by atoms with van der Waals surface area (Å²) in [4.78, 5) is 11.7. The van der Waals surface area contributed by atoms with Crippen molar-refractivity contribution in [1.82, 2.24) is 10.6 Å². The molecule has 112 valence electrons. The third-order valence-electron chi connectivity index (χ3n) is 3.47. The lowest BCUT2D eigenvalue weighted by molar-refractivity contribution is 0.160. The summed E-state index contributed by atoms with van der Waals surface area (Å²) >= 11 is 0. The zero-order valence-electron chi connectivity index (χ0n) is 12.6. The number of carbonyl (C=O) groups is 1. The van der Waals surface area contributed by atoms with Gasteiger partial charge in [0.05, 0.1) is 12.1 Å². The number of aryl methyl sites for hydroxylation is 1. The van der Waals surface area contributed by atoms with E-state index >= 15 is 0 Å². The number of urea groups is 1. The lowest BCUT2D eigenvalue weighted by atomic mass is 10.1. The van der Waals surface area contributed by atoms with Crippen molar-refractivity contribution in [2.45, 2.75) is 52.2 Å². The van der Waals surface area contributed by atoms with E-state index in [0.29, 0.717) is 19.4 Å². The normalized spacial score (nSPS) is 13.6. The first-order chi connectivity index (χ1) is 9.56. The van der Waals surface area contributed by atoms with Crippen molar-refractivity contribution < 1.29 is 9.90 Å². The van der Waals surface area contributed by atoms with Crippen LogP contribution in [0.2, 0.25) is 0 Å². The topological polar surface area (TPSA) is 61.4 Å². The summed E-state index contributed by atoms with van der Waals surface area (Å²) < 4.78 is 0. The molecule has 0 fully saturated rings. The van der Waals surface area contributed by atoms with Crippen molar-refractivity contribution in [3.63, 3.8) is 0 Å². The number of amides is 2. The standard InChI is InChI=1S/C16H26N2O2/c1-4-13-6-8-14(9-7-13)12(3)18-16(20)17-11-10-15(19)5-2/h6-9,12,15,19H,4-5,10-11H2,1-3H3,(H2,17,18,20). The molecule has 4 heteroatoms. The molecule has 0 saturated carbocycles. The Hall–Kier alpha value is -1.55. The fourth-order valence-corrected chi connectivity index (χ4v) is 1.93. The number of hydrogen-bond acceptors (Lipinski definition) is 2. The molecule has 0 heterocycles. The highest BCUT2D eigenvalue weighted by Crippen LogP contribution is 2.13. The average Bonchev–Trinajstić information content (AvgIpc) is 2.47. The molecule has 20 heavy (non-hydrogen) atoms. The Morgan fingerprint density at radius 2 is 1.90 bits per heavy atom. The highest BCUT2D eigenvalue weighted by atomic mass is 16.3. The quantitative estimate of drug-likeness (QED) is 0.718. The van der Waals surface area contributed by atoms with Crippen LogP contribution >= 0.6 is 0 Å². The van der Waals surface area contributed by atoms with Crippen LogP contribution < -0.4 is 10.6 Å². The molecule has 0 aromatic heterocycles. The molecular formula is C16H26N2O2. The highest BCUT2D eigenvalue weighted by Gasteiger charge is 2.09. The predicted octanol–water partition coefficient (Wildman–Crippen LogP) is 2.77. The van der Waals surface area contributed by atoms with Crippen LogP contribution in [0.3, 0.4) is 0 Å². The van der Waals surface area contributed by atoms with E-state index in [-0.39, 0.29) is 18.2 Å². The molecule has 4 nitrogen and oxygen atoms in total. The summed E-state index contributed by atoms with van der Waals surface area (Å²) in [6.45, 7) is 6.49. The number of benzene rings is 1. The molecule has 1 aromatic rings. The Bertz CT molecular complexity index is 403. The third kappa shape index (κ3) is 5.61. The first-order valence-electron chi connectivity index (χ1n) is 7.38. The monoisotopic (exact) mass is 278 g/mol. The summed E-state index contributed by atoms with van der Waals surface area (Å²) in [6, 6.07) is 8.04. The molecule has 1 rings (SSSR count). The van der Waals surface area contributed by atoms with Crippen LogP contribution in [-0.2, 0) is 6.42 Å². The second kappa shape index (κ2) is 8.59. The Morgan fingerprint density at radius 3 is 2.45 bits per heavy atom. The van der Waals surface area contributed by atoms with Crippen LogP contribution in [-0.4, -0.2) is 23.8 Å². The van der Waals surface area contributed by atoms with Gasteiger partial charge < -0.3 is 15.7 Å². The van der Waals surface area contributed by atoms with Gasteiger partial charge in [0.25, 0.3) is 0 Å². The molecule has 0 aliphatic heterocycles. The van der Waals surface area contributed by atoms with Crippen molar-refractivity contribution in [1.29, 1.82) is 0 Å². The molecular weight excluding hydrogens is 252 g/mol. The van der Waals surface area contributed by atoms with E-state index in [1.165, 1.54) is 5.56 Å². The molecule has 3 N–H and O–H groups in total. The van der Waals surface area contributed by atoms with Crippen molar-refractivity contribution >= 4 is 6.03 Å². The van der Waals surface area contributed by atoms with Crippen LogP contribution in [0, 0.1) is 0 Å². The fraction of sp³-hybridized carbons (Fsp3) is 0.562. The molecule has 1 aromatic carbocycles. The van der Waals surface area contributed by atoms with E-state index in [0.717, 1.165) is 12.0 Å². The molecule has 0 spiro atoms. The van der Waals surface area contributed by atoms with E-state index in [4.69, 9.17) is 0 Å². The van der Waals surface area contributed by atoms with Gasteiger partial charge in [0.15, 0.2) is 0 Å². The molecule has 0 aliphatic carbocycles. The van der Waals surface area contributed by atoms with E-state index in [1.54, 1.807) is 0 Å². The van der Waals surface area contributed by atoms with Gasteiger partial charge in [-0.1, -0.05) is 38.1 Å². The van der Waals surface area contributed by atoms with Gasteiger partial charge in [0, 0.05) is 6.54 Å². The average molecular weight is 278 g/mol. The van der Waals surface area contributed by atoms with Crippen molar-refractivity contribution in [2.24, 2.45) is 0 Å². The summed E-state index contributed by atoms with van der Waals surface area (Å²) in [5.74, 6) is 0. The smallest absolute Gasteiger partial charge is 0.315 e. The minimum Gasteiger partial charge on any atom is -0.393 e. The molecule has 0 aliphatic rings. The minimum absolute atomic E-state index is 0.0306. The first-order valence-corrected chi connectivity index (χ1v) is 7.38. The summed E-state index contributed by atoms with van der Waals surface area (Å²) in [7, 11) is 0. The second-order valence-corrected chi connectivity index (χ2v) is 5.07. The SMILES string of the molecule is CCc1ccc(C(C)NC(=O)NCCC(O)CC)cc1. The lowest BCUT2D eigenvalue weighted by Crippen LogP contribution is -2.38. The highest BCUT2D eigenvalue weighted by molar-refractivity contribution is 5.74. The van der Waals surface area contributed by atoms with E-state index in [2.05, 4.69) is 29.7 Å². The number of rotatable bonds is 7. The Balaban J connectivity index is 2.36. The van der Waals surface area contributed by atoms with Gasteiger partial charge in [0.1, 0.15) is 0 Å². The number of aliphatic hydroxyl groups is 1. The van der Waals surface area contributed by atoms with Crippen molar-refractivity contribution in [3.8, 4) is 0 Å². The summed E-state index contributed by atoms with van der Waals surface area (Å²) in [5, 5.41) is 15.1. The van der Waals surface area contributed by atoms with Crippen LogP contribution in [0.1, 0.15) is 50.8 Å². The van der Waals surface area contributed by atoms with Crippen LogP contribution in [0.15, 0.2) is 24.3 Å². The van der Waals surface area contributed by atoms with E-state index < -0.39 is 0 Å². The van der Waals surface area contributed by atoms with Crippen LogP contribution in [0.4, 0.5) is 4.79 Å². The number of nitrogens with one attached hydrogen (secondary N) is 2. The van der Waals surface area contributed by atoms with Gasteiger partial charge in [0.2, 0.25) is 0 Å². The van der Waals surface area contributed by atoms with Crippen LogP contribution in [0.25, 0.3) is 0 Å². The third-order valence-corrected chi connectivity index (χ3v) is 3.47. The second-order valence-electron chi connectivity index (χ2n) is 5.07. The van der Waals surface area contributed by atoms with E-state index in [9.17, 15) is 9.90 Å². The largest absolute Gasteiger partial charge is 0.393 e. The first kappa shape index (κ1) is 16.5. The van der Waals surface area contributed by atoms with Crippen LogP contribution in [0.5, 0.6) is 0 Å². The lowest BCUT2D eigenvalue weighted by Gasteiger charge is -2.16. The number of carbonyl (C=O) groups excluding carboxylic acids is 1. The Kier molecular flexibility index (Phi) is 7.09. The molecule has 0 bridgehead atoms. The predicted molar refractivity (Wildman–Crippen MR) is 81.7 cm³/mol. The number of aliphatic hydroxyl groups excluding tert-OH is 1. The molecule has 2 amide bonds. The molecule has 0 saturated heterocycles. The maximum atomic E-state index is 11.7. The van der Waals surface area contributed by atoms with Gasteiger partial charge in [-0.25, -0.2) is 4.79 Å². The van der Waals surface area contributed by atoms with Gasteiger partial charge in [-0.15, -0.1) is 0 Å². The zero-order valence-corrected chi connectivity index (χ0v) is 12.6. The van der Waals surface area contributed by atoms with Crippen molar-refractivity contribution in [2.75, 3.05) is 6.54 Å². The van der Waals surface area contributed by atoms with Gasteiger partial charge in [-0.05, 0) is 37.3 Å². The Labute approximate surface area is 121 Å². The van der Waals surface area contributed by atoms with E-state index in [1.807, 2.05) is 26.0 Å². The van der Waals surface area contributed by atoms with Gasteiger partial charge in [-0.3, -0.25) is 0 Å².